The number of hydrogen-bond donors (Lipinski definition) is 1. The largest absolute Gasteiger partial charge is 0.396 e. The molecule has 1 aromatic rings. The highest BCUT2D eigenvalue weighted by atomic mass is 16.5. The van der Waals surface area contributed by atoms with Crippen LogP contribution < -0.4 is 0 Å². The zero-order valence-electron chi connectivity index (χ0n) is 7.23. The quantitative estimate of drug-likeness (QED) is 0.680. The molecule has 0 radical (unpaired) electrons. The minimum absolute atomic E-state index is 0.177. The number of rotatable bonds is 5. The molecule has 0 saturated carbocycles. The van der Waals surface area contributed by atoms with Crippen molar-refractivity contribution in [2.24, 2.45) is 0 Å². The lowest BCUT2D eigenvalue weighted by Gasteiger charge is -1.97. The fraction of sp³-hybridized carbons (Fsp3) is 0.625. The van der Waals surface area contributed by atoms with Crippen molar-refractivity contribution in [1.82, 2.24) is 9.78 Å². The second-order valence-electron chi connectivity index (χ2n) is 2.58. The number of aliphatic hydroxyl groups is 1. The van der Waals surface area contributed by atoms with E-state index in [0.717, 1.165) is 12.1 Å². The third-order valence-electron chi connectivity index (χ3n) is 1.61. The summed E-state index contributed by atoms with van der Waals surface area (Å²) in [6, 6.07) is 0. The average Bonchev–Trinajstić information content (AvgIpc) is 2.50. The van der Waals surface area contributed by atoms with Crippen LogP contribution in [0.4, 0.5) is 0 Å². The van der Waals surface area contributed by atoms with Crippen molar-refractivity contribution in [3.8, 4) is 0 Å². The first-order chi connectivity index (χ1) is 5.86. The van der Waals surface area contributed by atoms with Gasteiger partial charge in [0.1, 0.15) is 0 Å². The lowest BCUT2D eigenvalue weighted by Crippen LogP contribution is -2.03. The maximum Gasteiger partial charge on any atom is 0.0658 e. The fourth-order valence-electron chi connectivity index (χ4n) is 0.972. The number of methoxy groups -OCH3 is 1. The minimum Gasteiger partial charge on any atom is -0.396 e. The van der Waals surface area contributed by atoms with Gasteiger partial charge >= 0.3 is 0 Å². The molecular formula is C8H14N2O2. The van der Waals surface area contributed by atoms with Crippen molar-refractivity contribution in [2.45, 2.75) is 13.0 Å². The van der Waals surface area contributed by atoms with E-state index in [9.17, 15) is 0 Å². The van der Waals surface area contributed by atoms with Crippen LogP contribution in [-0.2, 0) is 17.7 Å². The molecular weight excluding hydrogens is 156 g/mol. The van der Waals surface area contributed by atoms with E-state index in [1.807, 2.05) is 10.9 Å². The normalized spacial score (nSPS) is 10.5. The molecule has 0 aliphatic heterocycles. The van der Waals surface area contributed by atoms with Gasteiger partial charge in [0.2, 0.25) is 0 Å². The van der Waals surface area contributed by atoms with Crippen LogP contribution in [0.5, 0.6) is 0 Å². The Kier molecular flexibility index (Phi) is 3.76. The van der Waals surface area contributed by atoms with Gasteiger partial charge in [0.15, 0.2) is 0 Å². The summed E-state index contributed by atoms with van der Waals surface area (Å²) in [5, 5.41) is 12.7. The van der Waals surface area contributed by atoms with E-state index < -0.39 is 0 Å². The summed E-state index contributed by atoms with van der Waals surface area (Å²) in [4.78, 5) is 0. The van der Waals surface area contributed by atoms with Crippen molar-refractivity contribution in [3.05, 3.63) is 18.0 Å². The molecule has 0 amide bonds. The van der Waals surface area contributed by atoms with E-state index in [1.54, 1.807) is 13.3 Å². The fourth-order valence-corrected chi connectivity index (χ4v) is 0.972. The summed E-state index contributed by atoms with van der Waals surface area (Å²) in [5.41, 5.74) is 1.06. The lowest BCUT2D eigenvalue weighted by molar-refractivity contribution is 0.183. The monoisotopic (exact) mass is 170 g/mol. The van der Waals surface area contributed by atoms with Gasteiger partial charge in [0, 0.05) is 19.9 Å². The molecule has 1 rings (SSSR count). The second kappa shape index (κ2) is 4.90. The number of hydrogen-bond acceptors (Lipinski definition) is 3. The lowest BCUT2D eigenvalue weighted by atomic mass is 10.3. The minimum atomic E-state index is 0.177. The standard InChI is InChI=1S/C8H14N2O2/c1-12-5-3-10-7-8(2-4-11)6-9-10/h6-7,11H,2-5H2,1H3. The molecule has 4 heteroatoms. The Morgan fingerprint density at radius 1 is 1.67 bits per heavy atom. The predicted molar refractivity (Wildman–Crippen MR) is 44.9 cm³/mol. The number of ether oxygens (including phenoxy) is 1. The highest BCUT2D eigenvalue weighted by molar-refractivity contribution is 5.03. The van der Waals surface area contributed by atoms with Gasteiger partial charge in [-0.2, -0.15) is 5.10 Å². The molecule has 0 unspecified atom stereocenters. The van der Waals surface area contributed by atoms with Crippen molar-refractivity contribution in [1.29, 1.82) is 0 Å². The van der Waals surface area contributed by atoms with Gasteiger partial charge in [-0.15, -0.1) is 0 Å². The van der Waals surface area contributed by atoms with Gasteiger partial charge in [-0.05, 0) is 12.0 Å². The molecule has 68 valence electrons. The van der Waals surface area contributed by atoms with Crippen LogP contribution in [0.1, 0.15) is 5.56 Å². The van der Waals surface area contributed by atoms with Gasteiger partial charge in [0.05, 0.1) is 19.3 Å². The molecule has 0 aromatic carbocycles. The Morgan fingerprint density at radius 2 is 2.50 bits per heavy atom. The molecule has 0 atom stereocenters. The Hall–Kier alpha value is -0.870. The van der Waals surface area contributed by atoms with Crippen molar-refractivity contribution in [3.63, 3.8) is 0 Å². The van der Waals surface area contributed by atoms with Crippen molar-refractivity contribution < 1.29 is 9.84 Å². The Morgan fingerprint density at radius 3 is 3.17 bits per heavy atom. The maximum atomic E-state index is 8.64. The SMILES string of the molecule is COCCn1cc(CCO)cn1. The van der Waals surface area contributed by atoms with Crippen LogP contribution in [0.2, 0.25) is 0 Å². The average molecular weight is 170 g/mol. The van der Waals surface area contributed by atoms with E-state index >= 15 is 0 Å². The summed E-state index contributed by atoms with van der Waals surface area (Å²) in [6.07, 6.45) is 4.37. The summed E-state index contributed by atoms with van der Waals surface area (Å²) >= 11 is 0. The number of aliphatic hydroxyl groups excluding tert-OH is 1. The molecule has 0 aliphatic rings. The van der Waals surface area contributed by atoms with Crippen molar-refractivity contribution >= 4 is 0 Å². The summed E-state index contributed by atoms with van der Waals surface area (Å²) in [7, 11) is 1.66. The Labute approximate surface area is 71.8 Å². The summed E-state index contributed by atoms with van der Waals surface area (Å²) in [6.45, 7) is 1.61. The van der Waals surface area contributed by atoms with Gasteiger partial charge in [0.25, 0.3) is 0 Å². The topological polar surface area (TPSA) is 47.3 Å². The predicted octanol–water partition coefficient (Wildman–Crippen LogP) is 0.0643. The van der Waals surface area contributed by atoms with Crippen LogP contribution in [0.3, 0.4) is 0 Å². The molecule has 1 aromatic heterocycles. The first kappa shape index (κ1) is 9.22. The zero-order chi connectivity index (χ0) is 8.81. The molecule has 4 nitrogen and oxygen atoms in total. The van der Waals surface area contributed by atoms with E-state index in [2.05, 4.69) is 5.10 Å². The Bertz CT molecular complexity index is 223. The first-order valence-corrected chi connectivity index (χ1v) is 3.98. The van der Waals surface area contributed by atoms with Crippen LogP contribution in [-0.4, -0.2) is 35.2 Å². The summed E-state index contributed by atoms with van der Waals surface area (Å²) < 4.78 is 6.72. The van der Waals surface area contributed by atoms with E-state index in [4.69, 9.17) is 9.84 Å². The molecule has 0 bridgehead atoms. The van der Waals surface area contributed by atoms with Gasteiger partial charge in [-0.25, -0.2) is 0 Å². The highest BCUT2D eigenvalue weighted by Crippen LogP contribution is 1.97. The molecule has 1 heterocycles. The van der Waals surface area contributed by atoms with E-state index in [0.29, 0.717) is 13.0 Å². The van der Waals surface area contributed by atoms with Crippen LogP contribution in [0.15, 0.2) is 12.4 Å². The van der Waals surface area contributed by atoms with Crippen LogP contribution in [0.25, 0.3) is 0 Å². The van der Waals surface area contributed by atoms with Crippen LogP contribution in [0, 0.1) is 0 Å². The molecule has 0 spiro atoms. The molecule has 1 N–H and O–H groups in total. The molecule has 0 aliphatic carbocycles. The molecule has 0 saturated heterocycles. The Balaban J connectivity index is 2.41. The molecule has 0 fully saturated rings. The summed E-state index contributed by atoms with van der Waals surface area (Å²) in [5.74, 6) is 0. The zero-order valence-corrected chi connectivity index (χ0v) is 7.23. The van der Waals surface area contributed by atoms with Gasteiger partial charge in [-0.1, -0.05) is 0 Å². The highest BCUT2D eigenvalue weighted by Gasteiger charge is 1.96. The number of aromatic nitrogens is 2. The van der Waals surface area contributed by atoms with Gasteiger partial charge in [-0.3, -0.25) is 4.68 Å². The first-order valence-electron chi connectivity index (χ1n) is 3.98. The third-order valence-corrected chi connectivity index (χ3v) is 1.61. The third kappa shape index (κ3) is 2.64. The van der Waals surface area contributed by atoms with Crippen molar-refractivity contribution in [2.75, 3.05) is 20.3 Å². The second-order valence-corrected chi connectivity index (χ2v) is 2.58. The maximum absolute atomic E-state index is 8.64. The van der Waals surface area contributed by atoms with E-state index in [1.165, 1.54) is 0 Å². The van der Waals surface area contributed by atoms with Gasteiger partial charge < -0.3 is 9.84 Å². The smallest absolute Gasteiger partial charge is 0.0658 e. The molecule has 12 heavy (non-hydrogen) atoms. The van der Waals surface area contributed by atoms with Crippen LogP contribution >= 0.6 is 0 Å². The van der Waals surface area contributed by atoms with E-state index in [-0.39, 0.29) is 6.61 Å². The number of nitrogens with zero attached hydrogens (tertiary/aromatic N) is 2.